The lowest BCUT2D eigenvalue weighted by atomic mass is 9.99. The smallest absolute Gasteiger partial charge is 0.233 e. The van der Waals surface area contributed by atoms with Crippen LogP contribution in [0.3, 0.4) is 0 Å². The van der Waals surface area contributed by atoms with Crippen LogP contribution in [0, 0.1) is 5.92 Å². The minimum atomic E-state index is 0.181. The van der Waals surface area contributed by atoms with E-state index in [1.165, 1.54) is 18.2 Å². The van der Waals surface area contributed by atoms with Crippen LogP contribution in [0.5, 0.6) is 5.75 Å². The minimum absolute atomic E-state index is 0.181. The maximum atomic E-state index is 12.8. The number of carbonyl (C=O) groups is 1. The van der Waals surface area contributed by atoms with Crippen molar-refractivity contribution in [2.24, 2.45) is 5.92 Å². The molecule has 1 aromatic heterocycles. The van der Waals surface area contributed by atoms with Crippen molar-refractivity contribution < 1.29 is 9.53 Å². The third-order valence-corrected chi connectivity index (χ3v) is 6.96. The van der Waals surface area contributed by atoms with Crippen molar-refractivity contribution in [2.45, 2.75) is 44.2 Å². The Bertz CT molecular complexity index is 857. The predicted molar refractivity (Wildman–Crippen MR) is 120 cm³/mol. The second kappa shape index (κ2) is 9.73. The van der Waals surface area contributed by atoms with Crippen LogP contribution in [0.25, 0.3) is 5.69 Å². The van der Waals surface area contributed by atoms with Gasteiger partial charge in [0, 0.05) is 26.2 Å². The van der Waals surface area contributed by atoms with Crippen LogP contribution in [-0.4, -0.2) is 64.6 Å². The van der Waals surface area contributed by atoms with E-state index in [0.29, 0.717) is 11.7 Å². The molecule has 0 N–H and O–H groups in total. The fourth-order valence-corrected chi connectivity index (χ4v) is 5.00. The van der Waals surface area contributed by atoms with Crippen molar-refractivity contribution >= 4 is 23.6 Å². The number of amides is 1. The van der Waals surface area contributed by atoms with Gasteiger partial charge in [-0.2, -0.15) is 0 Å². The van der Waals surface area contributed by atoms with E-state index in [1.54, 1.807) is 7.11 Å². The van der Waals surface area contributed by atoms with Gasteiger partial charge in [0.1, 0.15) is 5.75 Å². The molecule has 2 aromatic rings. The number of nitrogens with zero attached hydrogens (tertiary/aromatic N) is 5. The zero-order valence-corrected chi connectivity index (χ0v) is 18.7. The Hall–Kier alpha value is -2.22. The fraction of sp³-hybridized carbons (Fsp3) is 0.591. The highest BCUT2D eigenvalue weighted by Crippen LogP contribution is 2.33. The van der Waals surface area contributed by atoms with Gasteiger partial charge in [0.2, 0.25) is 11.9 Å². The van der Waals surface area contributed by atoms with Gasteiger partial charge in [0.15, 0.2) is 5.16 Å². The van der Waals surface area contributed by atoms with Gasteiger partial charge in [0.05, 0.1) is 18.6 Å². The number of hydrogen-bond acceptors (Lipinski definition) is 6. The Morgan fingerprint density at radius 1 is 1.10 bits per heavy atom. The van der Waals surface area contributed by atoms with E-state index in [4.69, 9.17) is 4.74 Å². The number of rotatable bonds is 6. The van der Waals surface area contributed by atoms with Gasteiger partial charge in [-0.1, -0.05) is 30.8 Å². The topological polar surface area (TPSA) is 63.5 Å². The van der Waals surface area contributed by atoms with Gasteiger partial charge >= 0.3 is 0 Å². The van der Waals surface area contributed by atoms with Crippen LogP contribution < -0.4 is 9.64 Å². The van der Waals surface area contributed by atoms with Crippen molar-refractivity contribution in [3.05, 3.63) is 24.3 Å². The molecule has 0 bridgehead atoms. The second-order valence-electron chi connectivity index (χ2n) is 8.19. The molecule has 0 saturated carbocycles. The van der Waals surface area contributed by atoms with E-state index in [-0.39, 0.29) is 5.91 Å². The largest absolute Gasteiger partial charge is 0.495 e. The first-order valence-corrected chi connectivity index (χ1v) is 11.9. The quantitative estimate of drug-likeness (QED) is 0.654. The van der Waals surface area contributed by atoms with Crippen molar-refractivity contribution in [1.29, 1.82) is 0 Å². The summed E-state index contributed by atoms with van der Waals surface area (Å²) < 4.78 is 7.67. The normalized spacial score (nSPS) is 17.9. The van der Waals surface area contributed by atoms with Crippen molar-refractivity contribution in [2.75, 3.05) is 43.9 Å². The molecule has 2 aliphatic heterocycles. The van der Waals surface area contributed by atoms with Crippen LogP contribution in [0.1, 0.15) is 39.0 Å². The summed E-state index contributed by atoms with van der Waals surface area (Å²) in [6, 6.07) is 7.92. The molecule has 4 rings (SSSR count). The lowest BCUT2D eigenvalue weighted by Gasteiger charge is -2.30. The summed E-state index contributed by atoms with van der Waals surface area (Å²) in [5, 5.41) is 9.74. The number of thioether (sulfide) groups is 1. The number of para-hydroxylation sites is 2. The molecule has 8 heteroatoms. The molecule has 2 saturated heterocycles. The van der Waals surface area contributed by atoms with E-state index in [0.717, 1.165) is 74.4 Å². The maximum absolute atomic E-state index is 12.8. The summed E-state index contributed by atoms with van der Waals surface area (Å²) >= 11 is 1.46. The number of aromatic nitrogens is 3. The second-order valence-corrected chi connectivity index (χ2v) is 9.13. The van der Waals surface area contributed by atoms with Crippen molar-refractivity contribution in [1.82, 2.24) is 19.7 Å². The Morgan fingerprint density at radius 2 is 1.83 bits per heavy atom. The third-order valence-electron chi connectivity index (χ3n) is 6.04. The summed E-state index contributed by atoms with van der Waals surface area (Å²) in [7, 11) is 1.68. The van der Waals surface area contributed by atoms with Gasteiger partial charge < -0.3 is 14.5 Å². The summed E-state index contributed by atoms with van der Waals surface area (Å²) in [5.41, 5.74) is 0.910. The number of piperidine rings is 2. The minimum Gasteiger partial charge on any atom is -0.495 e. The van der Waals surface area contributed by atoms with Gasteiger partial charge in [0.25, 0.3) is 0 Å². The van der Waals surface area contributed by atoms with Crippen molar-refractivity contribution in [3.8, 4) is 11.4 Å². The SMILES string of the molecule is COc1ccccc1-n1c(SCC(=O)N2CCC(C)CC2)nnc1N1CCCCC1. The monoisotopic (exact) mass is 429 g/mol. The molecule has 3 heterocycles. The molecule has 162 valence electrons. The zero-order chi connectivity index (χ0) is 20.9. The first kappa shape index (κ1) is 21.0. The number of benzene rings is 1. The molecular formula is C22H31N5O2S. The molecule has 0 atom stereocenters. The average molecular weight is 430 g/mol. The Balaban J connectivity index is 1.58. The summed E-state index contributed by atoms with van der Waals surface area (Å²) in [6.45, 7) is 5.93. The summed E-state index contributed by atoms with van der Waals surface area (Å²) in [6.07, 6.45) is 5.75. The van der Waals surface area contributed by atoms with Gasteiger partial charge in [-0.15, -0.1) is 10.2 Å². The van der Waals surface area contributed by atoms with Crippen LogP contribution in [0.15, 0.2) is 29.4 Å². The third kappa shape index (κ3) is 4.58. The summed E-state index contributed by atoms with van der Waals surface area (Å²) in [4.78, 5) is 17.1. The van der Waals surface area contributed by atoms with Gasteiger partial charge in [-0.05, 0) is 50.2 Å². The predicted octanol–water partition coefficient (Wildman–Crippen LogP) is 3.62. The van der Waals surface area contributed by atoms with E-state index in [9.17, 15) is 4.79 Å². The average Bonchev–Trinajstić information content (AvgIpc) is 3.22. The molecule has 7 nitrogen and oxygen atoms in total. The van der Waals surface area contributed by atoms with E-state index in [2.05, 4.69) is 26.6 Å². The highest BCUT2D eigenvalue weighted by Gasteiger charge is 2.25. The number of likely N-dealkylation sites (tertiary alicyclic amines) is 1. The Labute approximate surface area is 182 Å². The number of carbonyl (C=O) groups excluding carboxylic acids is 1. The van der Waals surface area contributed by atoms with Crippen molar-refractivity contribution in [3.63, 3.8) is 0 Å². The van der Waals surface area contributed by atoms with Crippen LogP contribution in [0.2, 0.25) is 0 Å². The molecule has 0 unspecified atom stereocenters. The fourth-order valence-electron chi connectivity index (χ4n) is 4.16. The van der Waals surface area contributed by atoms with Crippen LogP contribution in [0.4, 0.5) is 5.95 Å². The zero-order valence-electron chi connectivity index (χ0n) is 17.9. The van der Waals surface area contributed by atoms with E-state index in [1.807, 2.05) is 29.2 Å². The molecule has 2 aliphatic rings. The lowest BCUT2D eigenvalue weighted by Crippen LogP contribution is -2.38. The molecule has 0 radical (unpaired) electrons. The van der Waals surface area contributed by atoms with Gasteiger partial charge in [-0.25, -0.2) is 0 Å². The number of anilines is 1. The molecule has 2 fully saturated rings. The maximum Gasteiger partial charge on any atom is 0.233 e. The molecule has 30 heavy (non-hydrogen) atoms. The van der Waals surface area contributed by atoms with Crippen LogP contribution in [-0.2, 0) is 4.79 Å². The number of ether oxygens (including phenoxy) is 1. The van der Waals surface area contributed by atoms with Gasteiger partial charge in [-0.3, -0.25) is 9.36 Å². The highest BCUT2D eigenvalue weighted by atomic mass is 32.2. The van der Waals surface area contributed by atoms with E-state index >= 15 is 0 Å². The highest BCUT2D eigenvalue weighted by molar-refractivity contribution is 7.99. The number of hydrogen-bond donors (Lipinski definition) is 0. The molecule has 1 aromatic carbocycles. The lowest BCUT2D eigenvalue weighted by molar-refractivity contribution is -0.129. The first-order chi connectivity index (χ1) is 14.7. The number of methoxy groups -OCH3 is 1. The Kier molecular flexibility index (Phi) is 6.82. The summed E-state index contributed by atoms with van der Waals surface area (Å²) in [5.74, 6) is 2.87. The van der Waals surface area contributed by atoms with Crippen LogP contribution >= 0.6 is 11.8 Å². The molecule has 0 aliphatic carbocycles. The molecule has 0 spiro atoms. The molecular weight excluding hydrogens is 398 g/mol. The first-order valence-electron chi connectivity index (χ1n) is 10.9. The Morgan fingerprint density at radius 3 is 2.57 bits per heavy atom. The van der Waals surface area contributed by atoms with E-state index < -0.39 is 0 Å². The molecule has 1 amide bonds. The standard InChI is InChI=1S/C22H31N5O2S/c1-17-10-14-25(15-11-17)20(28)16-30-22-24-23-21(26-12-6-3-7-13-26)27(22)18-8-4-5-9-19(18)29-2/h4-5,8-9,17H,3,6-7,10-16H2,1-2H3.